The third-order valence-electron chi connectivity index (χ3n) is 2.13. The number of carboxylic acids is 1. The number of esters is 1. The molecule has 1 heterocycles. The minimum absolute atomic E-state index is 0.00120. The third-order valence-corrected chi connectivity index (χ3v) is 2.13. The van der Waals surface area contributed by atoms with Crippen LogP contribution < -0.4 is 0 Å². The number of ether oxygens (including phenoxy) is 1. The number of nitrogens with zero attached hydrogens (tertiary/aromatic N) is 1. The molecule has 7 nitrogen and oxygen atoms in total. The van der Waals surface area contributed by atoms with Crippen molar-refractivity contribution >= 4 is 18.0 Å². The summed E-state index contributed by atoms with van der Waals surface area (Å²) in [6.07, 6.45) is -1.99. The highest BCUT2D eigenvalue weighted by molar-refractivity contribution is 5.80. The summed E-state index contributed by atoms with van der Waals surface area (Å²) < 4.78 is 4.76. The second-order valence-electron chi connectivity index (χ2n) is 3.26. The van der Waals surface area contributed by atoms with Gasteiger partial charge in [-0.3, -0.25) is 9.69 Å². The van der Waals surface area contributed by atoms with E-state index < -0.39 is 30.2 Å². The van der Waals surface area contributed by atoms with Gasteiger partial charge >= 0.3 is 18.0 Å². The van der Waals surface area contributed by atoms with Crippen molar-refractivity contribution in [2.75, 3.05) is 6.54 Å². The molecule has 15 heavy (non-hydrogen) atoms. The summed E-state index contributed by atoms with van der Waals surface area (Å²) in [6.45, 7) is 1.10. The Balaban J connectivity index is 2.69. The lowest BCUT2D eigenvalue weighted by Gasteiger charge is -2.16. The number of carbonyl (C=O) groups excluding carboxylic acids is 1. The average Bonchev–Trinajstić information content (AvgIpc) is 2.46. The Hall–Kier alpha value is -1.79. The van der Waals surface area contributed by atoms with Crippen molar-refractivity contribution in [1.82, 2.24) is 4.90 Å². The SMILES string of the molecule is CC(=O)O[C@H]1C[C@@H](C(=O)O)N(C(=O)O)C1. The zero-order chi connectivity index (χ0) is 11.6. The topological polar surface area (TPSA) is 104 Å². The van der Waals surface area contributed by atoms with E-state index in [1.165, 1.54) is 6.92 Å². The van der Waals surface area contributed by atoms with Crippen molar-refractivity contribution < 1.29 is 29.3 Å². The van der Waals surface area contributed by atoms with Gasteiger partial charge in [-0.1, -0.05) is 0 Å². The first-order chi connectivity index (χ1) is 6.91. The molecule has 2 N–H and O–H groups in total. The summed E-state index contributed by atoms with van der Waals surface area (Å²) in [7, 11) is 0. The number of hydrogen-bond acceptors (Lipinski definition) is 4. The molecule has 7 heteroatoms. The Morgan fingerprint density at radius 3 is 2.27 bits per heavy atom. The molecule has 0 aliphatic carbocycles. The van der Waals surface area contributed by atoms with Gasteiger partial charge in [0, 0.05) is 13.3 Å². The number of amides is 1. The van der Waals surface area contributed by atoms with Crippen molar-refractivity contribution in [3.8, 4) is 0 Å². The highest BCUT2D eigenvalue weighted by Crippen LogP contribution is 2.20. The van der Waals surface area contributed by atoms with Gasteiger partial charge in [-0.05, 0) is 0 Å². The van der Waals surface area contributed by atoms with Gasteiger partial charge in [0.15, 0.2) is 0 Å². The second-order valence-corrected chi connectivity index (χ2v) is 3.26. The molecule has 0 aromatic carbocycles. The fraction of sp³-hybridized carbons (Fsp3) is 0.625. The van der Waals surface area contributed by atoms with Crippen LogP contribution in [0.25, 0.3) is 0 Å². The maximum Gasteiger partial charge on any atom is 0.408 e. The molecule has 1 saturated heterocycles. The quantitative estimate of drug-likeness (QED) is 0.618. The minimum atomic E-state index is -1.32. The van der Waals surface area contributed by atoms with Crippen LogP contribution in [0.4, 0.5) is 4.79 Å². The molecule has 0 aromatic heterocycles. The summed E-state index contributed by atoms with van der Waals surface area (Å²) in [5, 5.41) is 17.4. The van der Waals surface area contributed by atoms with E-state index in [1.54, 1.807) is 0 Å². The first kappa shape index (κ1) is 11.3. The van der Waals surface area contributed by atoms with Gasteiger partial charge in [-0.25, -0.2) is 9.59 Å². The number of rotatable bonds is 2. The lowest BCUT2D eigenvalue weighted by atomic mass is 10.2. The number of likely N-dealkylation sites (tertiary alicyclic amines) is 1. The van der Waals surface area contributed by atoms with E-state index in [-0.39, 0.29) is 13.0 Å². The summed E-state index contributed by atoms with van der Waals surface area (Å²) in [5.41, 5.74) is 0. The Kier molecular flexibility index (Phi) is 3.13. The van der Waals surface area contributed by atoms with Crippen LogP contribution in [-0.4, -0.2) is 51.8 Å². The van der Waals surface area contributed by atoms with Gasteiger partial charge < -0.3 is 14.9 Å². The Labute approximate surface area is 85.2 Å². The van der Waals surface area contributed by atoms with Crippen molar-refractivity contribution in [2.45, 2.75) is 25.5 Å². The first-order valence-electron chi connectivity index (χ1n) is 4.31. The summed E-state index contributed by atoms with van der Waals surface area (Å²) in [4.78, 5) is 32.7. The van der Waals surface area contributed by atoms with E-state index in [0.29, 0.717) is 0 Å². The molecule has 0 bridgehead atoms. The van der Waals surface area contributed by atoms with Crippen LogP contribution in [0, 0.1) is 0 Å². The first-order valence-corrected chi connectivity index (χ1v) is 4.31. The molecule has 1 fully saturated rings. The molecular weight excluding hydrogens is 206 g/mol. The Morgan fingerprint density at radius 1 is 1.33 bits per heavy atom. The van der Waals surface area contributed by atoms with Crippen LogP contribution in [0.5, 0.6) is 0 Å². The van der Waals surface area contributed by atoms with E-state index in [4.69, 9.17) is 14.9 Å². The van der Waals surface area contributed by atoms with E-state index in [9.17, 15) is 14.4 Å². The van der Waals surface area contributed by atoms with Crippen molar-refractivity contribution in [1.29, 1.82) is 0 Å². The van der Waals surface area contributed by atoms with E-state index in [2.05, 4.69) is 0 Å². The molecule has 2 atom stereocenters. The van der Waals surface area contributed by atoms with Crippen LogP contribution >= 0.6 is 0 Å². The Morgan fingerprint density at radius 2 is 1.93 bits per heavy atom. The molecular formula is C8H11NO6. The van der Waals surface area contributed by atoms with Gasteiger partial charge in [-0.2, -0.15) is 0 Å². The second kappa shape index (κ2) is 4.16. The average molecular weight is 217 g/mol. The van der Waals surface area contributed by atoms with Gasteiger partial charge in [0.05, 0.1) is 6.54 Å². The molecule has 1 rings (SSSR count). The molecule has 84 valence electrons. The van der Waals surface area contributed by atoms with Gasteiger partial charge in [0.1, 0.15) is 12.1 Å². The van der Waals surface area contributed by atoms with Crippen LogP contribution in [0.3, 0.4) is 0 Å². The van der Waals surface area contributed by atoms with Gasteiger partial charge in [0.25, 0.3) is 0 Å². The number of hydrogen-bond donors (Lipinski definition) is 2. The highest BCUT2D eigenvalue weighted by atomic mass is 16.5. The largest absolute Gasteiger partial charge is 0.480 e. The molecule has 1 aliphatic rings. The summed E-state index contributed by atoms with van der Waals surface area (Å²) in [6, 6.07) is -1.13. The van der Waals surface area contributed by atoms with E-state index >= 15 is 0 Å². The zero-order valence-electron chi connectivity index (χ0n) is 8.04. The zero-order valence-corrected chi connectivity index (χ0v) is 8.04. The monoisotopic (exact) mass is 217 g/mol. The molecule has 0 radical (unpaired) electrons. The number of aliphatic carboxylic acids is 1. The van der Waals surface area contributed by atoms with Crippen molar-refractivity contribution in [3.63, 3.8) is 0 Å². The summed E-state index contributed by atoms with van der Waals surface area (Å²) in [5.74, 6) is -1.77. The predicted octanol–water partition coefficient (Wildman–Crippen LogP) is -0.245. The predicted molar refractivity (Wildman–Crippen MR) is 46.3 cm³/mol. The number of carbonyl (C=O) groups is 3. The lowest BCUT2D eigenvalue weighted by molar-refractivity contribution is -0.146. The van der Waals surface area contributed by atoms with Crippen molar-refractivity contribution in [2.24, 2.45) is 0 Å². The standard InChI is InChI=1S/C8H11NO6/c1-4(10)15-5-2-6(7(11)12)9(3-5)8(13)14/h5-6H,2-3H2,1H3,(H,11,12)(H,13,14)/t5-,6-/m0/s1. The molecule has 1 aliphatic heterocycles. The smallest absolute Gasteiger partial charge is 0.408 e. The van der Waals surface area contributed by atoms with Crippen LogP contribution in [0.1, 0.15) is 13.3 Å². The highest BCUT2D eigenvalue weighted by Gasteiger charge is 2.41. The minimum Gasteiger partial charge on any atom is -0.480 e. The van der Waals surface area contributed by atoms with Gasteiger partial charge in [-0.15, -0.1) is 0 Å². The van der Waals surface area contributed by atoms with E-state index in [1.807, 2.05) is 0 Å². The normalized spacial score (nSPS) is 25.0. The fourth-order valence-corrected chi connectivity index (χ4v) is 1.56. The van der Waals surface area contributed by atoms with Crippen LogP contribution in [0.2, 0.25) is 0 Å². The lowest BCUT2D eigenvalue weighted by Crippen LogP contribution is -2.39. The van der Waals surface area contributed by atoms with Crippen LogP contribution in [-0.2, 0) is 14.3 Å². The van der Waals surface area contributed by atoms with E-state index in [0.717, 1.165) is 4.90 Å². The summed E-state index contributed by atoms with van der Waals surface area (Å²) >= 11 is 0. The van der Waals surface area contributed by atoms with Gasteiger partial charge in [0.2, 0.25) is 0 Å². The van der Waals surface area contributed by atoms with Crippen molar-refractivity contribution in [3.05, 3.63) is 0 Å². The molecule has 1 amide bonds. The molecule has 0 saturated carbocycles. The third kappa shape index (κ3) is 2.58. The maximum absolute atomic E-state index is 10.7. The fourth-order valence-electron chi connectivity index (χ4n) is 1.56. The maximum atomic E-state index is 10.7. The molecule has 0 aromatic rings. The molecule has 0 spiro atoms. The number of carboxylic acid groups (broad SMARTS) is 2. The molecule has 0 unspecified atom stereocenters. The van der Waals surface area contributed by atoms with Crippen LogP contribution in [0.15, 0.2) is 0 Å². The Bertz CT molecular complexity index is 280.